The molecule has 1 N–H and O–H groups in total. The van der Waals surface area contributed by atoms with Crippen molar-refractivity contribution in [2.45, 2.75) is 104 Å². The van der Waals surface area contributed by atoms with Gasteiger partial charge in [0, 0.05) is 18.0 Å². The van der Waals surface area contributed by atoms with Crippen LogP contribution in [-0.4, -0.2) is 12.2 Å². The second-order valence-electron chi connectivity index (χ2n) is 12.4. The van der Waals surface area contributed by atoms with E-state index in [1.54, 1.807) is 0 Å². The summed E-state index contributed by atoms with van der Waals surface area (Å²) >= 11 is 6.09. The van der Waals surface area contributed by atoms with Crippen LogP contribution in [0.25, 0.3) is 0 Å². The fourth-order valence-electron chi connectivity index (χ4n) is 5.77. The van der Waals surface area contributed by atoms with Gasteiger partial charge in [0.15, 0.2) is 0 Å². The summed E-state index contributed by atoms with van der Waals surface area (Å²) in [4.78, 5) is 22.4. The van der Waals surface area contributed by atoms with Gasteiger partial charge in [0.2, 0.25) is 5.91 Å². The fourth-order valence-corrected chi connectivity index (χ4v) is 5.95. The Morgan fingerprint density at radius 1 is 1.15 bits per heavy atom. The molecule has 1 fully saturated rings. The Morgan fingerprint density at radius 2 is 1.83 bits per heavy atom. The number of hydrogen-bond donors (Lipinski definition) is 1. The largest absolute Gasteiger partial charge is 1.00 e. The van der Waals surface area contributed by atoms with E-state index < -0.39 is 11.6 Å². The van der Waals surface area contributed by atoms with Gasteiger partial charge < -0.3 is 17.0 Å². The van der Waals surface area contributed by atoms with Crippen LogP contribution in [0.2, 0.25) is 5.02 Å². The van der Waals surface area contributed by atoms with Gasteiger partial charge in [-0.2, -0.15) is 6.42 Å². The van der Waals surface area contributed by atoms with Gasteiger partial charge in [-0.05, 0) is 84.2 Å². The molecule has 41 heavy (non-hydrogen) atoms. The normalized spacial score (nSPS) is 19.8. The molecule has 0 bridgehead atoms. The van der Waals surface area contributed by atoms with Crippen LogP contribution < -0.4 is 24.2 Å². The van der Waals surface area contributed by atoms with Gasteiger partial charge in [-0.15, -0.1) is 5.92 Å². The molecule has 2 aromatic carbocycles. The Balaban J connectivity index is 0.000000403. The quantitative estimate of drug-likeness (QED) is 0.252. The summed E-state index contributed by atoms with van der Waals surface area (Å²) in [5, 5.41) is 3.63. The number of nitrogens with one attached hydrogen (secondary N) is 1. The zero-order chi connectivity index (χ0) is 30.0. The predicted octanol–water partition coefficient (Wildman–Crippen LogP) is 6.66. The molecule has 0 aromatic heterocycles. The van der Waals surface area contributed by atoms with Gasteiger partial charge in [-0.1, -0.05) is 70.7 Å². The summed E-state index contributed by atoms with van der Waals surface area (Å²) in [6.45, 7) is 16.3. The Bertz CT molecular complexity index is 1120. The predicted molar refractivity (Wildman–Crippen MR) is 161 cm³/mol. The standard InChI is InChI=1S/C18H23F2O.C16H23ClNO.Li/c1-18(2,3)7-6-12-8-13(11-21)16(9-12)15-5-4-14(19)10-17(15)20;1-5-7-13(6-2)15-9-8-14(17)10-16(15)11(3)18-12(4)19;/h4-5,10,12-13,16H,6-9H2,1-3H3;8-11,13H,2,5-7H2,1,3-4H3,(H,18,19);/q2*-1;+1/t12?,13-,16+;11-,13?;/m00./s1. The maximum Gasteiger partial charge on any atom is 1.00 e. The maximum absolute atomic E-state index is 13.9. The van der Waals surface area contributed by atoms with Gasteiger partial charge in [0.1, 0.15) is 11.6 Å². The molecule has 2 unspecified atom stereocenters. The number of amides is 1. The van der Waals surface area contributed by atoms with Crippen LogP contribution in [0.3, 0.4) is 0 Å². The molecule has 0 radical (unpaired) electrons. The van der Waals surface area contributed by atoms with Gasteiger partial charge in [0.05, 0.1) is 6.04 Å². The molecule has 2 aromatic rings. The summed E-state index contributed by atoms with van der Waals surface area (Å²) < 4.78 is 27.0. The van der Waals surface area contributed by atoms with Crippen molar-refractivity contribution in [3.05, 3.63) is 76.7 Å². The number of benzene rings is 2. The van der Waals surface area contributed by atoms with Crippen LogP contribution in [-0.2, 0) is 9.59 Å². The molecule has 1 saturated carbocycles. The first-order valence-corrected chi connectivity index (χ1v) is 14.9. The summed E-state index contributed by atoms with van der Waals surface area (Å²) in [6, 6.07) is 9.56. The molecule has 0 heterocycles. The van der Waals surface area contributed by atoms with E-state index in [0.29, 0.717) is 22.4 Å². The van der Waals surface area contributed by atoms with E-state index in [4.69, 9.17) is 11.6 Å². The number of hydrogen-bond acceptors (Lipinski definition) is 2. The molecule has 0 spiro atoms. The molecular formula is C34H46ClF2LiNO2-. The molecule has 3 rings (SSSR count). The van der Waals surface area contributed by atoms with Crippen molar-refractivity contribution in [3.8, 4) is 0 Å². The first-order chi connectivity index (χ1) is 18.8. The number of carbonyl (C=O) groups is 1. The third-order valence-electron chi connectivity index (χ3n) is 7.84. The summed E-state index contributed by atoms with van der Waals surface area (Å²) in [6.07, 6.45) is 8.83. The molecule has 222 valence electrons. The van der Waals surface area contributed by atoms with Crippen LogP contribution in [0, 0.1) is 35.8 Å². The van der Waals surface area contributed by atoms with Crippen molar-refractivity contribution in [2.75, 3.05) is 0 Å². The van der Waals surface area contributed by atoms with Crippen LogP contribution in [0.15, 0.2) is 36.4 Å². The van der Waals surface area contributed by atoms with E-state index in [1.165, 1.54) is 24.6 Å². The average Bonchev–Trinajstić information content (AvgIpc) is 3.29. The van der Waals surface area contributed by atoms with E-state index >= 15 is 0 Å². The second kappa shape index (κ2) is 17.4. The maximum atomic E-state index is 13.9. The Labute approximate surface area is 263 Å². The zero-order valence-corrected chi connectivity index (χ0v) is 26.7. The van der Waals surface area contributed by atoms with E-state index in [1.807, 2.05) is 19.1 Å². The van der Waals surface area contributed by atoms with E-state index in [2.05, 4.69) is 52.3 Å². The number of carbonyl (C=O) groups excluding carboxylic acids is 2. The van der Waals surface area contributed by atoms with Gasteiger partial charge in [-0.3, -0.25) is 11.1 Å². The molecule has 1 aliphatic carbocycles. The van der Waals surface area contributed by atoms with Crippen molar-refractivity contribution in [1.29, 1.82) is 0 Å². The van der Waals surface area contributed by atoms with Crippen LogP contribution in [0.5, 0.6) is 0 Å². The minimum atomic E-state index is -0.579. The van der Waals surface area contributed by atoms with Gasteiger partial charge >= 0.3 is 18.9 Å². The smallest absolute Gasteiger partial charge is 0.541 e. The van der Waals surface area contributed by atoms with Gasteiger partial charge in [-0.25, -0.2) is 8.78 Å². The van der Waals surface area contributed by atoms with E-state index in [-0.39, 0.29) is 48.1 Å². The van der Waals surface area contributed by atoms with Crippen molar-refractivity contribution < 1.29 is 37.2 Å². The molecule has 1 amide bonds. The third kappa shape index (κ3) is 11.9. The van der Waals surface area contributed by atoms with Crippen LogP contribution >= 0.6 is 11.6 Å². The third-order valence-corrected chi connectivity index (χ3v) is 8.07. The van der Waals surface area contributed by atoms with Crippen molar-refractivity contribution in [2.24, 2.45) is 17.3 Å². The van der Waals surface area contributed by atoms with Crippen molar-refractivity contribution in [1.82, 2.24) is 5.32 Å². The van der Waals surface area contributed by atoms with E-state index in [9.17, 15) is 18.4 Å². The molecule has 0 aliphatic heterocycles. The Hall–Kier alpha value is -1.67. The van der Waals surface area contributed by atoms with Crippen LogP contribution in [0.4, 0.5) is 8.78 Å². The monoisotopic (exact) mass is 580 g/mol. The molecule has 3 nitrogen and oxygen atoms in total. The fraction of sp³-hybridized carbons (Fsp3) is 0.559. The Kier molecular flexibility index (Phi) is 15.9. The van der Waals surface area contributed by atoms with E-state index in [0.717, 1.165) is 56.6 Å². The molecule has 1 aliphatic rings. The SMILES string of the molecule is CC(C)(C)CCC1C[C@@H]([C-]=O)[C@H](c2ccc(F)cc2F)C1.[CH2-]CC(CCC)c1ccc(Cl)cc1[C@H](C)NC(C)=O.[Li+]. The van der Waals surface area contributed by atoms with Crippen molar-refractivity contribution in [3.63, 3.8) is 0 Å². The number of halogens is 3. The Morgan fingerprint density at radius 3 is 2.37 bits per heavy atom. The summed E-state index contributed by atoms with van der Waals surface area (Å²) in [5.74, 6) is -0.733. The molecule has 5 atom stereocenters. The minimum absolute atomic E-state index is 0. The number of rotatable bonds is 10. The first kappa shape index (κ1) is 37.4. The zero-order valence-electron chi connectivity index (χ0n) is 26.0. The first-order valence-electron chi connectivity index (χ1n) is 14.5. The second-order valence-corrected chi connectivity index (χ2v) is 12.8. The average molecular weight is 581 g/mol. The van der Waals surface area contributed by atoms with Crippen LogP contribution in [0.1, 0.15) is 121 Å². The molecule has 7 heteroatoms. The molecule has 0 saturated heterocycles. The topological polar surface area (TPSA) is 46.2 Å². The summed E-state index contributed by atoms with van der Waals surface area (Å²) in [5.41, 5.74) is 3.08. The molecular weight excluding hydrogens is 535 g/mol. The van der Waals surface area contributed by atoms with Gasteiger partial charge in [0.25, 0.3) is 0 Å². The van der Waals surface area contributed by atoms with Crippen molar-refractivity contribution >= 4 is 23.8 Å². The minimum Gasteiger partial charge on any atom is -0.541 e. The summed E-state index contributed by atoms with van der Waals surface area (Å²) in [7, 11) is 0.